The first kappa shape index (κ1) is 14.9. The van der Waals surface area contributed by atoms with Crippen molar-refractivity contribution in [2.45, 2.75) is 32.4 Å². The minimum Gasteiger partial charge on any atom is -0.330 e. The van der Waals surface area contributed by atoms with Crippen LogP contribution in [0.3, 0.4) is 0 Å². The second kappa shape index (κ2) is 6.16. The fraction of sp³-hybridized carbons (Fsp3) is 1.00. The van der Waals surface area contributed by atoms with Gasteiger partial charge in [0.2, 0.25) is 0 Å². The summed E-state index contributed by atoms with van der Waals surface area (Å²) in [5, 5.41) is -0.262. The summed E-state index contributed by atoms with van der Waals surface area (Å²) in [6, 6.07) is 0. The summed E-state index contributed by atoms with van der Waals surface area (Å²) in [7, 11) is -2.90. The normalized spacial score (nSPS) is 27.6. The van der Waals surface area contributed by atoms with Gasteiger partial charge in [-0.3, -0.25) is 0 Å². The molecule has 1 fully saturated rings. The fourth-order valence-corrected chi connectivity index (χ4v) is 3.31. The van der Waals surface area contributed by atoms with Gasteiger partial charge >= 0.3 is 0 Å². The summed E-state index contributed by atoms with van der Waals surface area (Å²) in [5.41, 5.74) is 5.71. The molecule has 1 aliphatic rings. The van der Waals surface area contributed by atoms with E-state index in [1.807, 2.05) is 0 Å². The van der Waals surface area contributed by atoms with Gasteiger partial charge in [-0.15, -0.1) is 0 Å². The number of rotatable bonds is 5. The van der Waals surface area contributed by atoms with Crippen molar-refractivity contribution in [2.24, 2.45) is 17.6 Å². The quantitative estimate of drug-likeness (QED) is 0.793. The molecular formula is C12H26N2O2S. The third-order valence-corrected chi connectivity index (χ3v) is 6.07. The van der Waals surface area contributed by atoms with Crippen LogP contribution in [0.5, 0.6) is 0 Å². The van der Waals surface area contributed by atoms with E-state index >= 15 is 0 Å². The zero-order valence-electron chi connectivity index (χ0n) is 11.2. The molecule has 0 aromatic carbocycles. The zero-order chi connectivity index (χ0) is 13.1. The minimum absolute atomic E-state index is 0.262. The lowest BCUT2D eigenvalue weighted by molar-refractivity contribution is 0.139. The van der Waals surface area contributed by atoms with Gasteiger partial charge < -0.3 is 10.6 Å². The Morgan fingerprint density at radius 3 is 2.53 bits per heavy atom. The molecule has 5 heteroatoms. The summed E-state index contributed by atoms with van der Waals surface area (Å²) in [6.07, 6.45) is 1.10. The maximum atomic E-state index is 11.7. The van der Waals surface area contributed by atoms with Crippen LogP contribution in [-0.2, 0) is 9.84 Å². The van der Waals surface area contributed by atoms with E-state index in [-0.39, 0.29) is 11.0 Å². The van der Waals surface area contributed by atoms with Crippen molar-refractivity contribution in [3.63, 3.8) is 0 Å². The van der Waals surface area contributed by atoms with Crippen LogP contribution in [0, 0.1) is 11.8 Å². The molecule has 1 rings (SSSR count). The highest BCUT2D eigenvalue weighted by atomic mass is 32.2. The summed E-state index contributed by atoms with van der Waals surface area (Å²) < 4.78 is 23.5. The lowest BCUT2D eigenvalue weighted by atomic mass is 9.87. The lowest BCUT2D eigenvalue weighted by Crippen LogP contribution is -2.43. The Hall–Kier alpha value is -0.130. The maximum Gasteiger partial charge on any atom is 0.153 e. The Balaban J connectivity index is 2.40. The average Bonchev–Trinajstić information content (AvgIpc) is 2.26. The van der Waals surface area contributed by atoms with Gasteiger partial charge in [0.15, 0.2) is 9.84 Å². The number of hydrogen-bond acceptors (Lipinski definition) is 4. The Labute approximate surface area is 105 Å². The van der Waals surface area contributed by atoms with Gasteiger partial charge in [-0.05, 0) is 45.2 Å². The van der Waals surface area contributed by atoms with E-state index in [0.717, 1.165) is 26.1 Å². The van der Waals surface area contributed by atoms with Crippen molar-refractivity contribution < 1.29 is 8.42 Å². The Morgan fingerprint density at radius 2 is 2.06 bits per heavy atom. The summed E-state index contributed by atoms with van der Waals surface area (Å²) in [5.74, 6) is 1.47. The van der Waals surface area contributed by atoms with Crippen molar-refractivity contribution in [2.75, 3.05) is 31.9 Å². The molecule has 1 saturated heterocycles. The highest BCUT2D eigenvalue weighted by Gasteiger charge is 2.26. The molecule has 0 aromatic heterocycles. The molecule has 102 valence electrons. The van der Waals surface area contributed by atoms with Crippen LogP contribution >= 0.6 is 0 Å². The van der Waals surface area contributed by atoms with E-state index in [9.17, 15) is 8.42 Å². The van der Waals surface area contributed by atoms with Crippen LogP contribution in [0.2, 0.25) is 0 Å². The summed E-state index contributed by atoms with van der Waals surface area (Å²) in [4.78, 5) is 2.26. The second-order valence-corrected chi connectivity index (χ2v) is 8.15. The fourth-order valence-electron chi connectivity index (χ4n) is 2.33. The Morgan fingerprint density at radius 1 is 1.41 bits per heavy atom. The number of piperidine rings is 1. The van der Waals surface area contributed by atoms with E-state index in [2.05, 4.69) is 11.8 Å². The zero-order valence-corrected chi connectivity index (χ0v) is 12.0. The number of likely N-dealkylation sites (tertiary alicyclic amines) is 1. The maximum absolute atomic E-state index is 11.7. The van der Waals surface area contributed by atoms with Gasteiger partial charge in [-0.1, -0.05) is 6.92 Å². The highest BCUT2D eigenvalue weighted by molar-refractivity contribution is 7.92. The van der Waals surface area contributed by atoms with Gasteiger partial charge in [0.05, 0.1) is 11.0 Å². The molecule has 0 radical (unpaired) electrons. The van der Waals surface area contributed by atoms with Crippen LogP contribution in [0.4, 0.5) is 0 Å². The van der Waals surface area contributed by atoms with E-state index in [1.54, 1.807) is 13.8 Å². The van der Waals surface area contributed by atoms with Crippen molar-refractivity contribution in [1.29, 1.82) is 0 Å². The first-order chi connectivity index (χ1) is 7.86. The highest BCUT2D eigenvalue weighted by Crippen LogP contribution is 2.22. The minimum atomic E-state index is -2.90. The predicted octanol–water partition coefficient (Wildman–Crippen LogP) is 0.726. The van der Waals surface area contributed by atoms with E-state index in [0.29, 0.717) is 18.4 Å². The van der Waals surface area contributed by atoms with Gasteiger partial charge in [0, 0.05) is 13.1 Å². The lowest BCUT2D eigenvalue weighted by Gasteiger charge is -2.36. The average molecular weight is 262 g/mol. The number of hydrogen-bond donors (Lipinski definition) is 1. The molecule has 1 aliphatic heterocycles. The molecule has 1 heterocycles. The number of sulfone groups is 1. The predicted molar refractivity (Wildman–Crippen MR) is 71.7 cm³/mol. The molecule has 2 N–H and O–H groups in total. The van der Waals surface area contributed by atoms with Gasteiger partial charge in [0.25, 0.3) is 0 Å². The number of nitrogens with two attached hydrogens (primary N) is 1. The van der Waals surface area contributed by atoms with Crippen LogP contribution in [0.1, 0.15) is 27.2 Å². The van der Waals surface area contributed by atoms with Gasteiger partial charge in [-0.2, -0.15) is 0 Å². The van der Waals surface area contributed by atoms with Crippen LogP contribution in [0.25, 0.3) is 0 Å². The monoisotopic (exact) mass is 262 g/mol. The molecule has 4 nitrogen and oxygen atoms in total. The topological polar surface area (TPSA) is 63.4 Å². The Kier molecular flexibility index (Phi) is 5.41. The van der Waals surface area contributed by atoms with Gasteiger partial charge in [0.1, 0.15) is 0 Å². The van der Waals surface area contributed by atoms with E-state index < -0.39 is 9.84 Å². The Bertz CT molecular complexity index is 327. The molecule has 2 atom stereocenters. The van der Waals surface area contributed by atoms with Crippen molar-refractivity contribution in [3.05, 3.63) is 0 Å². The smallest absolute Gasteiger partial charge is 0.153 e. The van der Waals surface area contributed by atoms with E-state index in [4.69, 9.17) is 5.73 Å². The summed E-state index contributed by atoms with van der Waals surface area (Å²) in [6.45, 7) is 9.09. The van der Waals surface area contributed by atoms with Crippen molar-refractivity contribution >= 4 is 9.84 Å². The third-order valence-electron chi connectivity index (χ3n) is 3.88. The summed E-state index contributed by atoms with van der Waals surface area (Å²) >= 11 is 0. The van der Waals surface area contributed by atoms with Crippen molar-refractivity contribution in [1.82, 2.24) is 4.90 Å². The SMILES string of the molecule is CC1CN(CCS(=O)(=O)C(C)C)CCC1CN. The molecule has 0 aromatic rings. The molecular weight excluding hydrogens is 236 g/mol. The van der Waals surface area contributed by atoms with Crippen LogP contribution < -0.4 is 5.73 Å². The molecule has 2 unspecified atom stereocenters. The molecule has 0 amide bonds. The largest absolute Gasteiger partial charge is 0.330 e. The van der Waals surface area contributed by atoms with Crippen LogP contribution in [0.15, 0.2) is 0 Å². The molecule has 0 aliphatic carbocycles. The standard InChI is InChI=1S/C12H26N2O2S/c1-10(2)17(15,16)7-6-14-5-4-12(8-13)11(3)9-14/h10-12H,4-9,13H2,1-3H3. The second-order valence-electron chi connectivity index (χ2n) is 5.48. The van der Waals surface area contributed by atoms with Crippen molar-refractivity contribution in [3.8, 4) is 0 Å². The van der Waals surface area contributed by atoms with E-state index in [1.165, 1.54) is 0 Å². The molecule has 0 bridgehead atoms. The number of nitrogens with zero attached hydrogens (tertiary/aromatic N) is 1. The van der Waals surface area contributed by atoms with Gasteiger partial charge in [-0.25, -0.2) is 8.42 Å². The first-order valence-electron chi connectivity index (χ1n) is 6.50. The molecule has 17 heavy (non-hydrogen) atoms. The molecule has 0 spiro atoms. The van der Waals surface area contributed by atoms with Crippen LogP contribution in [-0.4, -0.2) is 50.5 Å². The molecule has 0 saturated carbocycles. The first-order valence-corrected chi connectivity index (χ1v) is 8.22. The third kappa shape index (κ3) is 4.23.